The van der Waals surface area contributed by atoms with Crippen LogP contribution in [0.25, 0.3) is 0 Å². The Morgan fingerprint density at radius 1 is 1.14 bits per heavy atom. The molecular weight excluding hydrogens is 568 g/mol. The molecule has 2 aromatic carbocycles. The van der Waals surface area contributed by atoms with Crippen LogP contribution in [0, 0.1) is 0 Å². The molecule has 4 unspecified atom stereocenters. The van der Waals surface area contributed by atoms with Gasteiger partial charge in [-0.15, -0.1) is 0 Å². The molecule has 6 atom stereocenters. The number of hydrogen-bond donors (Lipinski definition) is 7. The fourth-order valence-electron chi connectivity index (χ4n) is 6.12. The van der Waals surface area contributed by atoms with Crippen LogP contribution >= 0.6 is 0 Å². The number of nitrogens with two attached hydrogens (primary N) is 1. The molecule has 1 amide bonds. The zero-order valence-corrected chi connectivity index (χ0v) is 23.3. The van der Waals surface area contributed by atoms with Gasteiger partial charge in [-0.1, -0.05) is 12.1 Å². The van der Waals surface area contributed by atoms with Gasteiger partial charge in [0.25, 0.3) is 0 Å². The Morgan fingerprint density at radius 3 is 2.49 bits per heavy atom. The standard InChI is InChI=1S/C29H32N2O12/c1-11-24(35)14(31-18(34)9-30)6-19(42-11)43-16-8-29(40,17(33)10-32)7-13-21(16)28(39)23-22(26(13)37)25(36)12-4-3-5-15(41-2)20(12)27(23)38/h3-5,11,14,16,19,24,32,35,37,39-40H,6-10,30H2,1-2H3,(H,31,34)/t11?,14?,16-,19?,24?,29-/m0/s1. The van der Waals surface area contributed by atoms with Crippen LogP contribution < -0.4 is 15.8 Å². The van der Waals surface area contributed by atoms with Crippen molar-refractivity contribution < 1.29 is 58.9 Å². The first-order valence-corrected chi connectivity index (χ1v) is 13.6. The minimum Gasteiger partial charge on any atom is -0.507 e. The summed E-state index contributed by atoms with van der Waals surface area (Å²) in [5, 5.41) is 57.0. The number of benzene rings is 2. The van der Waals surface area contributed by atoms with E-state index in [0.717, 1.165) is 0 Å². The Bertz CT molecular complexity index is 1520. The van der Waals surface area contributed by atoms with Crippen molar-refractivity contribution in [1.29, 1.82) is 0 Å². The SMILES string of the molecule is COc1cccc2c1C(=O)c1c(O)c3c(c(O)c1C2=O)C[C@@](O)(C(=O)CO)C[C@@H]3OC1CC(NC(=O)CN)C(O)C(C)O1. The average molecular weight is 601 g/mol. The smallest absolute Gasteiger partial charge is 0.234 e. The monoisotopic (exact) mass is 600 g/mol. The summed E-state index contributed by atoms with van der Waals surface area (Å²) < 4.78 is 17.1. The number of amides is 1. The third-order valence-corrected chi connectivity index (χ3v) is 8.29. The zero-order chi connectivity index (χ0) is 31.4. The van der Waals surface area contributed by atoms with Crippen molar-refractivity contribution >= 4 is 23.3 Å². The van der Waals surface area contributed by atoms with Gasteiger partial charge in [-0.25, -0.2) is 0 Å². The highest BCUT2D eigenvalue weighted by Gasteiger charge is 2.50. The molecule has 2 aliphatic carbocycles. The van der Waals surface area contributed by atoms with E-state index in [1.54, 1.807) is 0 Å². The predicted molar refractivity (Wildman–Crippen MR) is 145 cm³/mol. The number of aliphatic hydroxyl groups is 3. The third kappa shape index (κ3) is 4.95. The quantitative estimate of drug-likeness (QED) is 0.163. The fourth-order valence-corrected chi connectivity index (χ4v) is 6.12. The second kappa shape index (κ2) is 11.3. The number of aliphatic hydroxyl groups excluding tert-OH is 2. The van der Waals surface area contributed by atoms with Crippen molar-refractivity contribution in [3.8, 4) is 17.2 Å². The van der Waals surface area contributed by atoms with E-state index >= 15 is 0 Å². The van der Waals surface area contributed by atoms with Gasteiger partial charge in [-0.3, -0.25) is 19.2 Å². The van der Waals surface area contributed by atoms with E-state index in [4.69, 9.17) is 19.9 Å². The molecule has 8 N–H and O–H groups in total. The summed E-state index contributed by atoms with van der Waals surface area (Å²) in [5.74, 6) is -4.54. The molecule has 1 saturated heterocycles. The van der Waals surface area contributed by atoms with Crippen molar-refractivity contribution in [2.24, 2.45) is 5.73 Å². The molecule has 0 bridgehead atoms. The molecule has 14 nitrogen and oxygen atoms in total. The Balaban J connectivity index is 1.63. The number of phenols is 2. The first-order valence-electron chi connectivity index (χ1n) is 13.6. The van der Waals surface area contributed by atoms with Crippen LogP contribution in [0.1, 0.15) is 68.8 Å². The average Bonchev–Trinajstić information content (AvgIpc) is 2.98. The molecule has 0 radical (unpaired) electrons. The van der Waals surface area contributed by atoms with Gasteiger partial charge in [0.1, 0.15) is 35.6 Å². The number of methoxy groups -OCH3 is 1. The normalized spacial score (nSPS) is 28.0. The molecular formula is C29H32N2O12. The summed E-state index contributed by atoms with van der Waals surface area (Å²) in [6.45, 7) is 0.128. The van der Waals surface area contributed by atoms with Gasteiger partial charge < -0.3 is 50.8 Å². The second-order valence-electron chi connectivity index (χ2n) is 10.9. The van der Waals surface area contributed by atoms with Gasteiger partial charge in [0.15, 0.2) is 17.9 Å². The molecule has 1 heterocycles. The van der Waals surface area contributed by atoms with Crippen molar-refractivity contribution in [2.75, 3.05) is 20.3 Å². The molecule has 230 valence electrons. The lowest BCUT2D eigenvalue weighted by Gasteiger charge is -2.42. The molecule has 1 fully saturated rings. The summed E-state index contributed by atoms with van der Waals surface area (Å²) in [5.41, 5.74) is 1.46. The third-order valence-electron chi connectivity index (χ3n) is 8.29. The number of hydrogen-bond acceptors (Lipinski definition) is 13. The van der Waals surface area contributed by atoms with Crippen LogP contribution in [0.5, 0.6) is 17.2 Å². The summed E-state index contributed by atoms with van der Waals surface area (Å²) in [6, 6.07) is 3.45. The number of nitrogens with one attached hydrogen (secondary N) is 1. The van der Waals surface area contributed by atoms with Crippen LogP contribution in [0.15, 0.2) is 18.2 Å². The van der Waals surface area contributed by atoms with Crippen LogP contribution in [0.4, 0.5) is 0 Å². The van der Waals surface area contributed by atoms with Crippen LogP contribution in [0.2, 0.25) is 0 Å². The number of ketones is 3. The minimum absolute atomic E-state index is 0.0718. The van der Waals surface area contributed by atoms with Crippen molar-refractivity contribution in [1.82, 2.24) is 5.32 Å². The Morgan fingerprint density at radius 2 is 1.84 bits per heavy atom. The maximum absolute atomic E-state index is 13.7. The van der Waals surface area contributed by atoms with Gasteiger partial charge in [-0.2, -0.15) is 0 Å². The highest BCUT2D eigenvalue weighted by atomic mass is 16.7. The van der Waals surface area contributed by atoms with Crippen LogP contribution in [-0.2, 0) is 25.5 Å². The van der Waals surface area contributed by atoms with E-state index in [2.05, 4.69) is 5.32 Å². The zero-order valence-electron chi connectivity index (χ0n) is 23.3. The molecule has 0 saturated carbocycles. The van der Waals surface area contributed by atoms with E-state index < -0.39 is 102 Å². The van der Waals surface area contributed by atoms with Gasteiger partial charge >= 0.3 is 0 Å². The molecule has 2 aromatic rings. The van der Waals surface area contributed by atoms with Crippen LogP contribution in [0.3, 0.4) is 0 Å². The number of fused-ring (bicyclic) bond motifs is 3. The summed E-state index contributed by atoms with van der Waals surface area (Å²) >= 11 is 0. The first-order chi connectivity index (χ1) is 20.4. The number of carbonyl (C=O) groups is 4. The second-order valence-corrected chi connectivity index (χ2v) is 10.9. The number of carbonyl (C=O) groups excluding carboxylic acids is 4. The Kier molecular flexibility index (Phi) is 8.02. The number of Topliss-reactive ketones (excluding diaryl/α,β-unsaturated/α-hetero) is 1. The van der Waals surface area contributed by atoms with E-state index in [0.29, 0.717) is 0 Å². The van der Waals surface area contributed by atoms with Gasteiger partial charge in [0.05, 0.1) is 48.6 Å². The summed E-state index contributed by atoms with van der Waals surface area (Å²) in [7, 11) is 1.31. The highest BCUT2D eigenvalue weighted by molar-refractivity contribution is 6.31. The lowest BCUT2D eigenvalue weighted by molar-refractivity contribution is -0.249. The highest BCUT2D eigenvalue weighted by Crippen LogP contribution is 2.52. The molecule has 14 heteroatoms. The van der Waals surface area contributed by atoms with Crippen molar-refractivity contribution in [3.63, 3.8) is 0 Å². The fraction of sp³-hybridized carbons (Fsp3) is 0.448. The number of rotatable bonds is 7. The minimum atomic E-state index is -2.31. The Hall–Kier alpha value is -3.92. The molecule has 0 spiro atoms. The first kappa shape index (κ1) is 30.5. The maximum atomic E-state index is 13.7. The lowest BCUT2D eigenvalue weighted by Crippen LogP contribution is -2.56. The molecule has 0 aromatic heterocycles. The predicted octanol–water partition coefficient (Wildman–Crippen LogP) is -0.882. The van der Waals surface area contributed by atoms with Gasteiger partial charge in [0.2, 0.25) is 11.7 Å². The number of phenolic OH excluding ortho intramolecular Hbond substituents is 2. The number of aromatic hydroxyl groups is 2. The van der Waals surface area contributed by atoms with E-state index in [-0.39, 0.29) is 41.0 Å². The molecule has 3 aliphatic rings. The van der Waals surface area contributed by atoms with E-state index in [1.165, 1.54) is 32.2 Å². The summed E-state index contributed by atoms with van der Waals surface area (Å²) in [4.78, 5) is 52.0. The molecule has 43 heavy (non-hydrogen) atoms. The van der Waals surface area contributed by atoms with E-state index in [1.807, 2.05) is 0 Å². The largest absolute Gasteiger partial charge is 0.507 e. The molecule has 1 aliphatic heterocycles. The van der Waals surface area contributed by atoms with Gasteiger partial charge in [-0.05, 0) is 13.0 Å². The summed E-state index contributed by atoms with van der Waals surface area (Å²) in [6.07, 6.45) is -5.89. The topological polar surface area (TPSA) is 235 Å². The lowest BCUT2D eigenvalue weighted by atomic mass is 9.72. The maximum Gasteiger partial charge on any atom is 0.234 e. The van der Waals surface area contributed by atoms with Crippen molar-refractivity contribution in [2.45, 2.75) is 62.4 Å². The van der Waals surface area contributed by atoms with E-state index in [9.17, 15) is 44.7 Å². The number of ether oxygens (including phenoxy) is 3. The van der Waals surface area contributed by atoms with Crippen molar-refractivity contribution in [3.05, 3.63) is 51.6 Å². The van der Waals surface area contributed by atoms with Gasteiger partial charge in [0, 0.05) is 36.0 Å². The van der Waals surface area contributed by atoms with Crippen LogP contribution in [-0.4, -0.2) is 99.2 Å². The Labute approximate surface area is 245 Å². The molecule has 5 rings (SSSR count).